The van der Waals surface area contributed by atoms with Gasteiger partial charge in [-0.25, -0.2) is 4.79 Å². The Balaban J connectivity index is 2.15. The number of hydrogen-bond acceptors (Lipinski definition) is 4. The molecule has 1 N–H and O–H groups in total. The summed E-state index contributed by atoms with van der Waals surface area (Å²) in [5.41, 5.74) is 0. The third-order valence-electron chi connectivity index (χ3n) is 2.22. The molecule has 0 heterocycles. The van der Waals surface area contributed by atoms with Gasteiger partial charge in [0.05, 0.1) is 6.61 Å². The summed E-state index contributed by atoms with van der Waals surface area (Å²) in [6, 6.07) is 0. The fraction of sp³-hybridized carbons (Fsp3) is 0.700. The van der Waals surface area contributed by atoms with Gasteiger partial charge in [0, 0.05) is 25.6 Å². The maximum atomic E-state index is 10.9. The first kappa shape index (κ1) is 11.2. The lowest BCUT2D eigenvalue weighted by Gasteiger charge is -2.10. The van der Waals surface area contributed by atoms with Crippen LogP contribution >= 0.6 is 0 Å². The molecule has 0 bridgehead atoms. The Morgan fingerprint density at radius 1 is 1.50 bits per heavy atom. The lowest BCUT2D eigenvalue weighted by atomic mass is 10.1. The van der Waals surface area contributed by atoms with Gasteiger partial charge in [-0.05, 0) is 6.42 Å². The average Bonchev–Trinajstić information content (AvgIpc) is 2.63. The first-order valence-corrected chi connectivity index (χ1v) is 4.70. The lowest BCUT2D eigenvalue weighted by molar-refractivity contribution is -0.148. The van der Waals surface area contributed by atoms with E-state index >= 15 is 0 Å². The Labute approximate surface area is 83.5 Å². The summed E-state index contributed by atoms with van der Waals surface area (Å²) in [6.07, 6.45) is 4.81. The summed E-state index contributed by atoms with van der Waals surface area (Å²) in [5.74, 6) is 0.127. The second-order valence-corrected chi connectivity index (χ2v) is 3.44. The van der Waals surface area contributed by atoms with Gasteiger partial charge < -0.3 is 14.6 Å². The molecule has 0 saturated carbocycles. The van der Waals surface area contributed by atoms with Crippen LogP contribution in [-0.2, 0) is 14.3 Å². The number of carbonyl (C=O) groups excluding carboxylic acids is 1. The SMILES string of the molecule is COCC(=O)OC[C@H]1C=C[C@@H](CO)C1. The molecule has 4 nitrogen and oxygen atoms in total. The number of carbonyl (C=O) groups is 1. The number of methoxy groups -OCH3 is 1. The van der Waals surface area contributed by atoms with Gasteiger partial charge in [-0.2, -0.15) is 0 Å². The molecule has 0 spiro atoms. The monoisotopic (exact) mass is 200 g/mol. The molecule has 1 aliphatic carbocycles. The Bertz CT molecular complexity index is 212. The largest absolute Gasteiger partial charge is 0.463 e. The van der Waals surface area contributed by atoms with Crippen LogP contribution in [0.3, 0.4) is 0 Å². The van der Waals surface area contributed by atoms with Gasteiger partial charge in [0.1, 0.15) is 6.61 Å². The maximum absolute atomic E-state index is 10.9. The highest BCUT2D eigenvalue weighted by Gasteiger charge is 2.19. The van der Waals surface area contributed by atoms with E-state index < -0.39 is 0 Å². The number of rotatable bonds is 5. The average molecular weight is 200 g/mol. The highest BCUT2D eigenvalue weighted by Crippen LogP contribution is 2.22. The van der Waals surface area contributed by atoms with Gasteiger partial charge in [0.25, 0.3) is 0 Å². The topological polar surface area (TPSA) is 55.8 Å². The number of esters is 1. The van der Waals surface area contributed by atoms with Crippen LogP contribution in [-0.4, -0.2) is 38.0 Å². The third kappa shape index (κ3) is 3.47. The van der Waals surface area contributed by atoms with E-state index in [2.05, 4.69) is 4.74 Å². The standard InChI is InChI=1S/C10H16O4/c1-13-7-10(12)14-6-9-3-2-8(4-9)5-11/h2-3,8-9,11H,4-7H2,1H3/t8-,9+/m1/s1. The molecule has 2 atom stereocenters. The van der Waals surface area contributed by atoms with Crippen LogP contribution in [0.1, 0.15) is 6.42 Å². The van der Waals surface area contributed by atoms with Crippen LogP contribution in [0, 0.1) is 11.8 Å². The van der Waals surface area contributed by atoms with Gasteiger partial charge in [-0.15, -0.1) is 0 Å². The molecule has 0 fully saturated rings. The smallest absolute Gasteiger partial charge is 0.332 e. The second-order valence-electron chi connectivity index (χ2n) is 3.44. The predicted molar refractivity (Wildman–Crippen MR) is 50.7 cm³/mol. The van der Waals surface area contributed by atoms with E-state index in [1.165, 1.54) is 7.11 Å². The van der Waals surface area contributed by atoms with Crippen molar-refractivity contribution in [1.29, 1.82) is 0 Å². The Kier molecular flexibility index (Phi) is 4.62. The summed E-state index contributed by atoms with van der Waals surface area (Å²) < 4.78 is 9.59. The molecule has 80 valence electrons. The van der Waals surface area contributed by atoms with Crippen molar-refractivity contribution in [2.24, 2.45) is 11.8 Å². The van der Waals surface area contributed by atoms with E-state index in [1.807, 2.05) is 12.2 Å². The van der Waals surface area contributed by atoms with E-state index in [9.17, 15) is 4.79 Å². The minimum atomic E-state index is -0.339. The van der Waals surface area contributed by atoms with Crippen molar-refractivity contribution in [2.45, 2.75) is 6.42 Å². The molecule has 0 unspecified atom stereocenters. The van der Waals surface area contributed by atoms with E-state index in [0.717, 1.165) is 6.42 Å². The highest BCUT2D eigenvalue weighted by molar-refractivity contribution is 5.70. The van der Waals surface area contributed by atoms with Crippen molar-refractivity contribution in [3.8, 4) is 0 Å². The molecular weight excluding hydrogens is 184 g/mol. The number of ether oxygens (including phenoxy) is 2. The number of aliphatic hydroxyl groups is 1. The van der Waals surface area contributed by atoms with Crippen LogP contribution < -0.4 is 0 Å². The van der Waals surface area contributed by atoms with Crippen LogP contribution in [0.4, 0.5) is 0 Å². The molecule has 4 heteroatoms. The van der Waals surface area contributed by atoms with Crippen LogP contribution in [0.25, 0.3) is 0 Å². The summed E-state index contributed by atoms with van der Waals surface area (Å²) in [6.45, 7) is 0.550. The lowest BCUT2D eigenvalue weighted by Crippen LogP contribution is -2.16. The number of hydrogen-bond donors (Lipinski definition) is 1. The van der Waals surface area contributed by atoms with E-state index in [-0.39, 0.29) is 31.0 Å². The van der Waals surface area contributed by atoms with Crippen LogP contribution in [0.15, 0.2) is 12.2 Å². The minimum absolute atomic E-state index is 0.000136. The first-order valence-electron chi connectivity index (χ1n) is 4.70. The van der Waals surface area contributed by atoms with Gasteiger partial charge >= 0.3 is 5.97 Å². The van der Waals surface area contributed by atoms with Crippen molar-refractivity contribution in [1.82, 2.24) is 0 Å². The second kappa shape index (κ2) is 5.78. The van der Waals surface area contributed by atoms with Gasteiger partial charge in [-0.1, -0.05) is 12.2 Å². The normalized spacial score (nSPS) is 25.3. The Morgan fingerprint density at radius 2 is 2.21 bits per heavy atom. The molecule has 0 radical (unpaired) electrons. The molecule has 0 aliphatic heterocycles. The summed E-state index contributed by atoms with van der Waals surface area (Å²) in [5, 5.41) is 8.87. The number of aliphatic hydroxyl groups excluding tert-OH is 1. The van der Waals surface area contributed by atoms with E-state index in [0.29, 0.717) is 6.61 Å². The van der Waals surface area contributed by atoms with E-state index in [4.69, 9.17) is 9.84 Å². The molecule has 0 amide bonds. The van der Waals surface area contributed by atoms with Crippen molar-refractivity contribution < 1.29 is 19.4 Å². The van der Waals surface area contributed by atoms with Gasteiger partial charge in [0.15, 0.2) is 0 Å². The minimum Gasteiger partial charge on any atom is -0.463 e. The van der Waals surface area contributed by atoms with Gasteiger partial charge in [-0.3, -0.25) is 0 Å². The quantitative estimate of drug-likeness (QED) is 0.514. The molecule has 0 aromatic rings. The molecule has 1 aliphatic rings. The Morgan fingerprint density at radius 3 is 2.79 bits per heavy atom. The van der Waals surface area contributed by atoms with Crippen molar-refractivity contribution in [3.05, 3.63) is 12.2 Å². The van der Waals surface area contributed by atoms with Crippen LogP contribution in [0.5, 0.6) is 0 Å². The summed E-state index contributed by atoms with van der Waals surface area (Å²) in [7, 11) is 1.46. The van der Waals surface area contributed by atoms with Crippen LogP contribution in [0.2, 0.25) is 0 Å². The fourth-order valence-electron chi connectivity index (χ4n) is 1.48. The molecule has 0 aromatic heterocycles. The summed E-state index contributed by atoms with van der Waals surface area (Å²) in [4.78, 5) is 10.9. The highest BCUT2D eigenvalue weighted by atomic mass is 16.6. The molecule has 0 aromatic carbocycles. The van der Waals surface area contributed by atoms with Crippen molar-refractivity contribution in [2.75, 3.05) is 26.9 Å². The zero-order valence-corrected chi connectivity index (χ0v) is 8.31. The Hall–Kier alpha value is -0.870. The molecular formula is C10H16O4. The zero-order valence-electron chi connectivity index (χ0n) is 8.31. The first-order chi connectivity index (χ1) is 6.76. The maximum Gasteiger partial charge on any atom is 0.332 e. The zero-order chi connectivity index (χ0) is 10.4. The fourth-order valence-corrected chi connectivity index (χ4v) is 1.48. The van der Waals surface area contributed by atoms with Crippen molar-refractivity contribution >= 4 is 5.97 Å². The third-order valence-corrected chi connectivity index (χ3v) is 2.22. The summed E-state index contributed by atoms with van der Waals surface area (Å²) >= 11 is 0. The van der Waals surface area contributed by atoms with Crippen molar-refractivity contribution in [3.63, 3.8) is 0 Å². The molecule has 1 rings (SSSR count). The van der Waals surface area contributed by atoms with E-state index in [1.54, 1.807) is 0 Å². The predicted octanol–water partition coefficient (Wildman–Crippen LogP) is 0.361. The molecule has 0 saturated heterocycles. The molecule has 14 heavy (non-hydrogen) atoms. The van der Waals surface area contributed by atoms with Gasteiger partial charge in [0.2, 0.25) is 0 Å².